The second kappa shape index (κ2) is 4.91. The molecule has 2 amide bonds. The summed E-state index contributed by atoms with van der Waals surface area (Å²) in [5.74, 6) is -0.268. The molecule has 1 fully saturated rings. The highest BCUT2D eigenvalue weighted by Crippen LogP contribution is 2.21. The minimum Gasteiger partial charge on any atom is -0.358 e. The van der Waals surface area contributed by atoms with Crippen molar-refractivity contribution in [1.82, 2.24) is 15.6 Å². The van der Waals surface area contributed by atoms with Gasteiger partial charge in [0.1, 0.15) is 12.1 Å². The van der Waals surface area contributed by atoms with Crippen LogP contribution in [0.25, 0.3) is 10.9 Å². The number of nitrogens with one attached hydrogen (secondary N) is 3. The van der Waals surface area contributed by atoms with Crippen LogP contribution >= 0.6 is 0 Å². The lowest BCUT2D eigenvalue weighted by Crippen LogP contribution is -2.61. The molecule has 1 saturated heterocycles. The number of fused-ring (bicyclic) bond motifs is 1. The number of piperazine rings is 1. The molecule has 5 nitrogen and oxygen atoms in total. The number of aromatic nitrogens is 1. The molecule has 0 radical (unpaired) electrons. The molecule has 0 bridgehead atoms. The van der Waals surface area contributed by atoms with Gasteiger partial charge in [-0.05, 0) is 55.5 Å². The third-order valence-electron chi connectivity index (χ3n) is 4.10. The molecule has 2 unspecified atom stereocenters. The second-order valence-electron chi connectivity index (χ2n) is 5.81. The maximum atomic E-state index is 11.9. The van der Waals surface area contributed by atoms with Crippen molar-refractivity contribution < 1.29 is 9.59 Å². The lowest BCUT2D eigenvalue weighted by molar-refractivity contribution is -0.136. The van der Waals surface area contributed by atoms with E-state index in [9.17, 15) is 9.59 Å². The third kappa shape index (κ3) is 2.51. The summed E-state index contributed by atoms with van der Waals surface area (Å²) >= 11 is 0. The van der Waals surface area contributed by atoms with E-state index in [1.54, 1.807) is 6.92 Å². The fraction of sp³-hybridized carbons (Fsp3) is 0.375. The molecule has 1 aliphatic heterocycles. The van der Waals surface area contributed by atoms with Gasteiger partial charge in [-0.25, -0.2) is 0 Å². The van der Waals surface area contributed by atoms with E-state index in [4.69, 9.17) is 0 Å². The molecule has 0 spiro atoms. The molecular weight excluding hydrogens is 266 g/mol. The first-order chi connectivity index (χ1) is 9.94. The fourth-order valence-corrected chi connectivity index (χ4v) is 2.68. The van der Waals surface area contributed by atoms with Gasteiger partial charge in [0.15, 0.2) is 0 Å². The minimum absolute atomic E-state index is 0.131. The van der Waals surface area contributed by atoms with Crippen molar-refractivity contribution in [2.24, 2.45) is 0 Å². The van der Waals surface area contributed by atoms with Gasteiger partial charge in [0.25, 0.3) is 0 Å². The van der Waals surface area contributed by atoms with E-state index in [-0.39, 0.29) is 11.8 Å². The van der Waals surface area contributed by atoms with E-state index in [2.05, 4.69) is 41.6 Å². The Bertz CT molecular complexity index is 693. The highest BCUT2D eigenvalue weighted by molar-refractivity contribution is 5.96. The molecule has 2 atom stereocenters. The zero-order chi connectivity index (χ0) is 15.1. The number of hydrogen-bond donors (Lipinski definition) is 3. The summed E-state index contributed by atoms with van der Waals surface area (Å²) in [6.45, 7) is 5.83. The summed E-state index contributed by atoms with van der Waals surface area (Å²) in [5.41, 5.74) is 4.48. The average molecular weight is 285 g/mol. The van der Waals surface area contributed by atoms with Crippen molar-refractivity contribution in [3.05, 3.63) is 35.0 Å². The SMILES string of the molecule is Cc1cc2cc(CC3NC(=O)C(C)NC3=O)[nH]c2cc1C. The van der Waals surface area contributed by atoms with Crippen molar-refractivity contribution in [3.8, 4) is 0 Å². The summed E-state index contributed by atoms with van der Waals surface area (Å²) in [5, 5.41) is 6.58. The highest BCUT2D eigenvalue weighted by atomic mass is 16.2. The molecule has 1 aromatic carbocycles. The number of amides is 2. The monoisotopic (exact) mass is 285 g/mol. The van der Waals surface area contributed by atoms with Gasteiger partial charge in [-0.3, -0.25) is 9.59 Å². The van der Waals surface area contributed by atoms with E-state index in [0.717, 1.165) is 16.6 Å². The Kier molecular flexibility index (Phi) is 3.20. The minimum atomic E-state index is -0.510. The lowest BCUT2D eigenvalue weighted by Gasteiger charge is -2.27. The number of carbonyl (C=O) groups excluding carboxylic acids is 2. The van der Waals surface area contributed by atoms with Gasteiger partial charge in [-0.15, -0.1) is 0 Å². The quantitative estimate of drug-likeness (QED) is 0.779. The van der Waals surface area contributed by atoms with Crippen LogP contribution in [0.15, 0.2) is 18.2 Å². The zero-order valence-electron chi connectivity index (χ0n) is 12.4. The molecule has 1 aromatic heterocycles. The van der Waals surface area contributed by atoms with E-state index < -0.39 is 12.1 Å². The van der Waals surface area contributed by atoms with Gasteiger partial charge >= 0.3 is 0 Å². The molecule has 1 aliphatic rings. The van der Waals surface area contributed by atoms with Gasteiger partial charge in [0, 0.05) is 17.6 Å². The van der Waals surface area contributed by atoms with Gasteiger partial charge in [0.05, 0.1) is 0 Å². The molecule has 0 aliphatic carbocycles. The van der Waals surface area contributed by atoms with Crippen molar-refractivity contribution >= 4 is 22.7 Å². The third-order valence-corrected chi connectivity index (χ3v) is 4.10. The first-order valence-electron chi connectivity index (χ1n) is 7.13. The molecule has 3 rings (SSSR count). The van der Waals surface area contributed by atoms with Crippen LogP contribution < -0.4 is 10.6 Å². The molecule has 0 saturated carbocycles. The summed E-state index contributed by atoms with van der Waals surface area (Å²) in [4.78, 5) is 26.9. The second-order valence-corrected chi connectivity index (χ2v) is 5.81. The molecule has 5 heteroatoms. The summed E-state index contributed by atoms with van der Waals surface area (Å²) in [7, 11) is 0. The first-order valence-corrected chi connectivity index (χ1v) is 7.13. The van der Waals surface area contributed by atoms with Crippen LogP contribution in [0.4, 0.5) is 0 Å². The zero-order valence-corrected chi connectivity index (χ0v) is 12.4. The first kappa shape index (κ1) is 13.7. The Labute approximate surface area is 123 Å². The van der Waals surface area contributed by atoms with Crippen LogP contribution in [-0.2, 0) is 16.0 Å². The summed E-state index contributed by atoms with van der Waals surface area (Å²) in [6.07, 6.45) is 0.469. The van der Waals surface area contributed by atoms with Crippen LogP contribution in [0.3, 0.4) is 0 Å². The van der Waals surface area contributed by atoms with Crippen LogP contribution in [0, 0.1) is 13.8 Å². The number of carbonyl (C=O) groups is 2. The largest absolute Gasteiger partial charge is 0.358 e. The predicted molar refractivity (Wildman–Crippen MR) is 81.0 cm³/mol. The number of aryl methyl sites for hydroxylation is 2. The molecular formula is C16H19N3O2. The normalized spacial score (nSPS) is 22.2. The molecule has 2 aromatic rings. The van der Waals surface area contributed by atoms with Crippen molar-refractivity contribution in [2.45, 2.75) is 39.3 Å². The Hall–Kier alpha value is -2.30. The summed E-state index contributed by atoms with van der Waals surface area (Å²) < 4.78 is 0. The van der Waals surface area contributed by atoms with Crippen LogP contribution in [0.1, 0.15) is 23.7 Å². The highest BCUT2D eigenvalue weighted by Gasteiger charge is 2.31. The van der Waals surface area contributed by atoms with Crippen LogP contribution in [0.5, 0.6) is 0 Å². The number of aromatic amines is 1. The van der Waals surface area contributed by atoms with Gasteiger partial charge in [0.2, 0.25) is 11.8 Å². The van der Waals surface area contributed by atoms with E-state index in [1.165, 1.54) is 11.1 Å². The Balaban J connectivity index is 1.85. The smallest absolute Gasteiger partial charge is 0.243 e. The molecule has 3 N–H and O–H groups in total. The topological polar surface area (TPSA) is 74.0 Å². The maximum absolute atomic E-state index is 11.9. The fourth-order valence-electron chi connectivity index (χ4n) is 2.68. The number of H-pyrrole nitrogens is 1. The number of hydrogen-bond acceptors (Lipinski definition) is 2. The van der Waals surface area contributed by atoms with Crippen molar-refractivity contribution in [3.63, 3.8) is 0 Å². The van der Waals surface area contributed by atoms with E-state index in [0.29, 0.717) is 6.42 Å². The van der Waals surface area contributed by atoms with Gasteiger partial charge < -0.3 is 15.6 Å². The maximum Gasteiger partial charge on any atom is 0.243 e. The summed E-state index contributed by atoms with van der Waals surface area (Å²) in [6, 6.07) is 5.31. The molecule has 110 valence electrons. The lowest BCUT2D eigenvalue weighted by atomic mass is 10.1. The number of rotatable bonds is 2. The molecule has 2 heterocycles. The Morgan fingerprint density at radius 2 is 1.71 bits per heavy atom. The molecule has 21 heavy (non-hydrogen) atoms. The van der Waals surface area contributed by atoms with Gasteiger partial charge in [-0.2, -0.15) is 0 Å². The Morgan fingerprint density at radius 3 is 2.48 bits per heavy atom. The Morgan fingerprint density at radius 1 is 1.00 bits per heavy atom. The standard InChI is InChI=1S/C16H19N3O2/c1-8-4-11-6-12(18-13(11)5-9(8)2)7-14-16(21)17-10(3)15(20)19-14/h4-6,10,14,18H,7H2,1-3H3,(H,17,21)(H,19,20). The van der Waals surface area contributed by atoms with Crippen molar-refractivity contribution in [1.29, 1.82) is 0 Å². The number of benzene rings is 1. The van der Waals surface area contributed by atoms with Crippen molar-refractivity contribution in [2.75, 3.05) is 0 Å². The predicted octanol–water partition coefficient (Wildman–Crippen LogP) is 1.33. The van der Waals surface area contributed by atoms with Crippen LogP contribution in [0.2, 0.25) is 0 Å². The van der Waals surface area contributed by atoms with E-state index in [1.807, 2.05) is 6.07 Å². The average Bonchev–Trinajstić information content (AvgIpc) is 2.78. The van der Waals surface area contributed by atoms with Crippen LogP contribution in [-0.4, -0.2) is 28.9 Å². The van der Waals surface area contributed by atoms with E-state index >= 15 is 0 Å². The van der Waals surface area contributed by atoms with Gasteiger partial charge in [-0.1, -0.05) is 0 Å².